The maximum Gasteiger partial charge on any atom is 0.412 e. The van der Waals surface area contributed by atoms with E-state index in [0.29, 0.717) is 12.2 Å². The van der Waals surface area contributed by atoms with Crippen LogP contribution in [0.2, 0.25) is 0 Å². The number of rotatable bonds is 3. The second-order valence-corrected chi connectivity index (χ2v) is 6.00. The molecule has 0 saturated heterocycles. The lowest BCUT2D eigenvalue weighted by Crippen LogP contribution is -2.30. The summed E-state index contributed by atoms with van der Waals surface area (Å²) in [5.74, 6) is 0. The van der Waals surface area contributed by atoms with Gasteiger partial charge in [-0.25, -0.2) is 4.79 Å². The van der Waals surface area contributed by atoms with Crippen LogP contribution in [0.5, 0.6) is 0 Å². The van der Waals surface area contributed by atoms with E-state index in [4.69, 9.17) is 4.74 Å². The lowest BCUT2D eigenvalue weighted by atomic mass is 10.2. The number of amides is 1. The molecule has 1 aromatic carbocycles. The fraction of sp³-hybridized carbons (Fsp3) is 0.353. The van der Waals surface area contributed by atoms with Gasteiger partial charge in [0.2, 0.25) is 0 Å². The van der Waals surface area contributed by atoms with Crippen LogP contribution in [0.1, 0.15) is 20.8 Å². The summed E-state index contributed by atoms with van der Waals surface area (Å²) in [5.41, 5.74) is 1.69. The Hall–Kier alpha value is -2.27. The highest BCUT2D eigenvalue weighted by Gasteiger charge is 2.20. The van der Waals surface area contributed by atoms with Crippen molar-refractivity contribution in [2.75, 3.05) is 23.4 Å². The largest absolute Gasteiger partial charge is 0.444 e. The summed E-state index contributed by atoms with van der Waals surface area (Å²) in [5, 5.41) is 12.3. The van der Waals surface area contributed by atoms with Gasteiger partial charge in [0.1, 0.15) is 5.60 Å². The zero-order valence-electron chi connectivity index (χ0n) is 13.2. The maximum absolute atomic E-state index is 12.0. The highest BCUT2D eigenvalue weighted by Crippen LogP contribution is 2.30. The molecule has 0 aliphatic carbocycles. The molecule has 1 amide bonds. The first-order valence-electron chi connectivity index (χ1n) is 7.24. The first-order chi connectivity index (χ1) is 10.4. The fourth-order valence-electron chi connectivity index (χ4n) is 2.17. The van der Waals surface area contributed by atoms with E-state index >= 15 is 0 Å². The number of allylic oxidation sites excluding steroid dienone is 2. The van der Waals surface area contributed by atoms with E-state index in [0.717, 1.165) is 11.4 Å². The molecule has 0 atom stereocenters. The summed E-state index contributed by atoms with van der Waals surface area (Å²) in [6.45, 7) is 6.03. The molecule has 22 heavy (non-hydrogen) atoms. The highest BCUT2D eigenvalue weighted by atomic mass is 16.6. The molecule has 2 rings (SSSR count). The van der Waals surface area contributed by atoms with Gasteiger partial charge in [-0.15, -0.1) is 0 Å². The number of aliphatic hydroxyl groups is 1. The number of ether oxygens (including phenoxy) is 1. The Morgan fingerprint density at radius 2 is 2.09 bits per heavy atom. The minimum absolute atomic E-state index is 0.0644. The van der Waals surface area contributed by atoms with Gasteiger partial charge in [0, 0.05) is 12.2 Å². The number of carbonyl (C=O) groups excluding carboxylic acids is 1. The highest BCUT2D eigenvalue weighted by molar-refractivity contribution is 5.90. The predicted octanol–water partition coefficient (Wildman–Crippen LogP) is 3.29. The molecule has 0 aromatic heterocycles. The van der Waals surface area contributed by atoms with Crippen LogP contribution in [0.25, 0.3) is 0 Å². The zero-order chi connectivity index (χ0) is 16.2. The zero-order valence-corrected chi connectivity index (χ0v) is 13.2. The third-order valence-electron chi connectivity index (χ3n) is 3.05. The normalized spacial score (nSPS) is 14.5. The standard InChI is InChI=1S/C17H22N2O3/c1-17(2,3)22-16(21)18-14-9-4-5-10-15(14)19-11-7-6-8-13(19)12-20/h4-10,20H,11-12H2,1-3H3,(H,18,21). The molecule has 0 fully saturated rings. The summed E-state index contributed by atoms with van der Waals surface area (Å²) < 4.78 is 5.29. The van der Waals surface area contributed by atoms with Crippen LogP contribution in [0.3, 0.4) is 0 Å². The van der Waals surface area contributed by atoms with Gasteiger partial charge in [-0.2, -0.15) is 0 Å². The Labute approximate surface area is 130 Å². The van der Waals surface area contributed by atoms with Crippen molar-refractivity contribution in [2.45, 2.75) is 26.4 Å². The van der Waals surface area contributed by atoms with Gasteiger partial charge in [0.05, 0.1) is 18.0 Å². The minimum atomic E-state index is -0.553. The van der Waals surface area contributed by atoms with Crippen LogP contribution in [-0.2, 0) is 4.74 Å². The molecular weight excluding hydrogens is 280 g/mol. The topological polar surface area (TPSA) is 61.8 Å². The van der Waals surface area contributed by atoms with Crippen molar-refractivity contribution in [1.29, 1.82) is 0 Å². The Balaban J connectivity index is 2.22. The molecule has 1 aliphatic heterocycles. The van der Waals surface area contributed by atoms with Gasteiger partial charge < -0.3 is 14.7 Å². The number of hydrogen-bond acceptors (Lipinski definition) is 4. The van der Waals surface area contributed by atoms with E-state index in [1.165, 1.54) is 0 Å². The molecule has 0 radical (unpaired) electrons. The Bertz CT molecular complexity index is 600. The molecule has 1 aromatic rings. The monoisotopic (exact) mass is 302 g/mol. The van der Waals surface area contributed by atoms with Crippen molar-refractivity contribution in [3.05, 3.63) is 48.2 Å². The van der Waals surface area contributed by atoms with Crippen LogP contribution >= 0.6 is 0 Å². The van der Waals surface area contributed by atoms with Crippen molar-refractivity contribution in [3.8, 4) is 0 Å². The molecule has 0 saturated carbocycles. The van der Waals surface area contributed by atoms with Crippen LogP contribution < -0.4 is 10.2 Å². The van der Waals surface area contributed by atoms with Crippen LogP contribution in [0.4, 0.5) is 16.2 Å². The van der Waals surface area contributed by atoms with E-state index in [2.05, 4.69) is 5.32 Å². The molecule has 2 N–H and O–H groups in total. The molecule has 0 unspecified atom stereocenters. The van der Waals surface area contributed by atoms with Gasteiger partial charge in [-0.3, -0.25) is 5.32 Å². The SMILES string of the molecule is CC(C)(C)OC(=O)Nc1ccccc1N1CC=CC=C1CO. The second kappa shape index (κ2) is 6.66. The molecule has 0 spiro atoms. The quantitative estimate of drug-likeness (QED) is 0.899. The van der Waals surface area contributed by atoms with Gasteiger partial charge >= 0.3 is 6.09 Å². The van der Waals surface area contributed by atoms with Crippen molar-refractivity contribution < 1.29 is 14.6 Å². The Kier molecular flexibility index (Phi) is 4.88. The average Bonchev–Trinajstić information content (AvgIpc) is 2.46. The predicted molar refractivity (Wildman–Crippen MR) is 88.0 cm³/mol. The smallest absolute Gasteiger partial charge is 0.412 e. The van der Waals surface area contributed by atoms with Crippen molar-refractivity contribution in [1.82, 2.24) is 0 Å². The number of anilines is 2. The number of para-hydroxylation sites is 2. The van der Waals surface area contributed by atoms with E-state index in [-0.39, 0.29) is 6.61 Å². The lowest BCUT2D eigenvalue weighted by Gasteiger charge is -2.29. The van der Waals surface area contributed by atoms with E-state index < -0.39 is 11.7 Å². The Morgan fingerprint density at radius 3 is 2.77 bits per heavy atom. The summed E-state index contributed by atoms with van der Waals surface area (Å²) in [4.78, 5) is 13.9. The maximum atomic E-state index is 12.0. The third kappa shape index (κ3) is 4.11. The van der Waals surface area contributed by atoms with Crippen LogP contribution in [0, 0.1) is 0 Å². The first-order valence-corrected chi connectivity index (χ1v) is 7.24. The number of hydrogen-bond donors (Lipinski definition) is 2. The lowest BCUT2D eigenvalue weighted by molar-refractivity contribution is 0.0636. The Morgan fingerprint density at radius 1 is 1.36 bits per heavy atom. The fourth-order valence-corrected chi connectivity index (χ4v) is 2.17. The molecular formula is C17H22N2O3. The van der Waals surface area contributed by atoms with Gasteiger partial charge in [-0.05, 0) is 39.0 Å². The van der Waals surface area contributed by atoms with Gasteiger partial charge in [0.15, 0.2) is 0 Å². The van der Waals surface area contributed by atoms with E-state index in [1.807, 2.05) is 68.2 Å². The van der Waals surface area contributed by atoms with Crippen molar-refractivity contribution >= 4 is 17.5 Å². The van der Waals surface area contributed by atoms with Crippen LogP contribution in [0.15, 0.2) is 48.2 Å². The molecule has 1 heterocycles. The number of aliphatic hydroxyl groups excluding tert-OH is 1. The number of nitrogens with zero attached hydrogens (tertiary/aromatic N) is 1. The average molecular weight is 302 g/mol. The molecule has 118 valence electrons. The number of benzene rings is 1. The summed E-state index contributed by atoms with van der Waals surface area (Å²) >= 11 is 0. The van der Waals surface area contributed by atoms with E-state index in [1.54, 1.807) is 0 Å². The molecule has 5 heteroatoms. The van der Waals surface area contributed by atoms with Crippen molar-refractivity contribution in [2.24, 2.45) is 0 Å². The minimum Gasteiger partial charge on any atom is -0.444 e. The number of carbonyl (C=O) groups is 1. The second-order valence-electron chi connectivity index (χ2n) is 6.00. The van der Waals surface area contributed by atoms with E-state index in [9.17, 15) is 9.90 Å². The first kappa shape index (κ1) is 16.1. The van der Waals surface area contributed by atoms with Crippen molar-refractivity contribution in [3.63, 3.8) is 0 Å². The van der Waals surface area contributed by atoms with Crippen LogP contribution in [-0.4, -0.2) is 30.0 Å². The van der Waals surface area contributed by atoms with Gasteiger partial charge in [-0.1, -0.05) is 24.3 Å². The molecule has 0 bridgehead atoms. The third-order valence-corrected chi connectivity index (χ3v) is 3.05. The number of nitrogens with one attached hydrogen (secondary N) is 1. The molecule has 1 aliphatic rings. The molecule has 5 nitrogen and oxygen atoms in total. The summed E-state index contributed by atoms with van der Waals surface area (Å²) in [6.07, 6.45) is 5.25. The summed E-state index contributed by atoms with van der Waals surface area (Å²) in [6, 6.07) is 7.45. The van der Waals surface area contributed by atoms with Gasteiger partial charge in [0.25, 0.3) is 0 Å². The summed E-state index contributed by atoms with van der Waals surface area (Å²) in [7, 11) is 0.